The zero-order valence-electron chi connectivity index (χ0n) is 10.5. The third-order valence-corrected chi connectivity index (χ3v) is 3.83. The van der Waals surface area contributed by atoms with E-state index in [1.165, 1.54) is 38.0 Å². The summed E-state index contributed by atoms with van der Waals surface area (Å²) >= 11 is 6.21. The van der Waals surface area contributed by atoms with Crippen molar-refractivity contribution in [2.75, 3.05) is 32.8 Å². The van der Waals surface area contributed by atoms with Gasteiger partial charge in [0.05, 0.1) is 5.02 Å². The second-order valence-corrected chi connectivity index (χ2v) is 5.31. The highest BCUT2D eigenvalue weighted by atomic mass is 35.5. The fourth-order valence-corrected chi connectivity index (χ4v) is 2.71. The summed E-state index contributed by atoms with van der Waals surface area (Å²) in [5.41, 5.74) is 1.24. The van der Waals surface area contributed by atoms with Crippen LogP contribution in [-0.2, 0) is 6.42 Å². The number of aryl methyl sites for hydroxylation is 1. The summed E-state index contributed by atoms with van der Waals surface area (Å²) in [6, 6.07) is 4.07. The van der Waals surface area contributed by atoms with Gasteiger partial charge in [0.25, 0.3) is 0 Å². The summed E-state index contributed by atoms with van der Waals surface area (Å²) in [6.45, 7) is 4.91. The monoisotopic (exact) mass is 267 g/mol. The van der Waals surface area contributed by atoms with Crippen molar-refractivity contribution in [1.82, 2.24) is 4.90 Å². The third kappa shape index (κ3) is 2.57. The molecule has 1 aromatic rings. The molecule has 0 atom stereocenters. The molecule has 0 radical (unpaired) electrons. The second-order valence-electron chi connectivity index (χ2n) is 4.90. The Morgan fingerprint density at radius 3 is 2.78 bits per heavy atom. The Bertz CT molecular complexity index is 432. The molecule has 0 spiro atoms. The quantitative estimate of drug-likeness (QED) is 0.837. The Balaban J connectivity index is 1.62. The molecule has 0 bridgehead atoms. The van der Waals surface area contributed by atoms with E-state index in [1.807, 2.05) is 6.07 Å². The molecule has 98 valence electrons. The van der Waals surface area contributed by atoms with Gasteiger partial charge in [-0.1, -0.05) is 11.6 Å². The second kappa shape index (κ2) is 5.37. The van der Waals surface area contributed by atoms with Crippen molar-refractivity contribution in [3.63, 3.8) is 0 Å². The van der Waals surface area contributed by atoms with Crippen LogP contribution in [0.3, 0.4) is 0 Å². The Morgan fingerprint density at radius 2 is 2.00 bits per heavy atom. The molecule has 3 rings (SSSR count). The average Bonchev–Trinajstić information content (AvgIpc) is 2.32. The van der Waals surface area contributed by atoms with Crippen LogP contribution in [0.2, 0.25) is 5.02 Å². The number of hydrogen-bond acceptors (Lipinski definition) is 3. The van der Waals surface area contributed by atoms with E-state index < -0.39 is 0 Å². The van der Waals surface area contributed by atoms with E-state index in [0.717, 1.165) is 12.2 Å². The maximum absolute atomic E-state index is 6.21. The van der Waals surface area contributed by atoms with Gasteiger partial charge in [-0.25, -0.2) is 0 Å². The van der Waals surface area contributed by atoms with E-state index in [4.69, 9.17) is 21.1 Å². The van der Waals surface area contributed by atoms with Crippen LogP contribution >= 0.6 is 11.6 Å². The number of fused-ring (bicyclic) bond motifs is 1. The third-order valence-electron chi connectivity index (χ3n) is 3.55. The van der Waals surface area contributed by atoms with Gasteiger partial charge in [0.15, 0.2) is 11.5 Å². The van der Waals surface area contributed by atoms with Gasteiger partial charge in [-0.2, -0.15) is 0 Å². The highest BCUT2D eigenvalue weighted by molar-refractivity contribution is 6.32. The standard InChI is InChI=1S/C14H18ClNO2/c15-12-9-11(3-1-4-16-5-2-6-16)10-13-14(12)18-8-7-17-13/h9-10H,1-8H2. The molecule has 0 unspecified atom stereocenters. The molecular formula is C14H18ClNO2. The fourth-order valence-electron chi connectivity index (χ4n) is 2.42. The molecule has 0 saturated carbocycles. The Hall–Kier alpha value is -0.930. The smallest absolute Gasteiger partial charge is 0.179 e. The van der Waals surface area contributed by atoms with Crippen LogP contribution in [-0.4, -0.2) is 37.7 Å². The number of ether oxygens (including phenoxy) is 2. The Morgan fingerprint density at radius 1 is 1.17 bits per heavy atom. The van der Waals surface area contributed by atoms with Crippen molar-refractivity contribution < 1.29 is 9.47 Å². The van der Waals surface area contributed by atoms with Crippen molar-refractivity contribution >= 4 is 11.6 Å². The molecule has 2 heterocycles. The summed E-state index contributed by atoms with van der Waals surface area (Å²) < 4.78 is 11.1. The molecular weight excluding hydrogens is 250 g/mol. The summed E-state index contributed by atoms with van der Waals surface area (Å²) in [6.07, 6.45) is 3.58. The van der Waals surface area contributed by atoms with Gasteiger partial charge in [0.1, 0.15) is 13.2 Å². The first kappa shape index (κ1) is 12.1. The predicted octanol–water partition coefficient (Wildman–Crippen LogP) is 2.75. The molecule has 1 saturated heterocycles. The zero-order chi connectivity index (χ0) is 12.4. The molecule has 2 aliphatic heterocycles. The van der Waals surface area contributed by atoms with Crippen molar-refractivity contribution in [1.29, 1.82) is 0 Å². The molecule has 1 fully saturated rings. The van der Waals surface area contributed by atoms with Crippen LogP contribution in [0.25, 0.3) is 0 Å². The summed E-state index contributed by atoms with van der Waals surface area (Å²) in [5.74, 6) is 1.50. The average molecular weight is 268 g/mol. The van der Waals surface area contributed by atoms with Gasteiger partial charge >= 0.3 is 0 Å². The maximum Gasteiger partial charge on any atom is 0.179 e. The minimum atomic E-state index is 0.584. The molecule has 0 aromatic heterocycles. The molecule has 1 aromatic carbocycles. The number of rotatable bonds is 4. The van der Waals surface area contributed by atoms with Crippen molar-refractivity contribution in [2.45, 2.75) is 19.3 Å². The molecule has 0 aliphatic carbocycles. The van der Waals surface area contributed by atoms with E-state index >= 15 is 0 Å². The number of likely N-dealkylation sites (tertiary alicyclic amines) is 1. The summed E-state index contributed by atoms with van der Waals surface area (Å²) in [4.78, 5) is 2.49. The van der Waals surface area contributed by atoms with Crippen molar-refractivity contribution in [2.24, 2.45) is 0 Å². The number of benzene rings is 1. The highest BCUT2D eigenvalue weighted by Crippen LogP contribution is 2.38. The van der Waals surface area contributed by atoms with Gasteiger partial charge in [-0.3, -0.25) is 0 Å². The predicted molar refractivity (Wildman–Crippen MR) is 71.8 cm³/mol. The first-order valence-corrected chi connectivity index (χ1v) is 7.01. The maximum atomic E-state index is 6.21. The van der Waals surface area contributed by atoms with Gasteiger partial charge in [-0.15, -0.1) is 0 Å². The van der Waals surface area contributed by atoms with Crippen LogP contribution in [0.5, 0.6) is 11.5 Å². The van der Waals surface area contributed by atoms with Crippen LogP contribution in [0, 0.1) is 0 Å². The fraction of sp³-hybridized carbons (Fsp3) is 0.571. The zero-order valence-corrected chi connectivity index (χ0v) is 11.2. The number of nitrogens with zero attached hydrogens (tertiary/aromatic N) is 1. The lowest BCUT2D eigenvalue weighted by Gasteiger charge is -2.30. The number of halogens is 1. The largest absolute Gasteiger partial charge is 0.486 e. The van der Waals surface area contributed by atoms with Gasteiger partial charge < -0.3 is 14.4 Å². The van der Waals surface area contributed by atoms with E-state index in [9.17, 15) is 0 Å². The summed E-state index contributed by atoms with van der Waals surface area (Å²) in [5, 5.41) is 0.672. The Kier molecular flexibility index (Phi) is 3.62. The SMILES string of the molecule is Clc1cc(CCCN2CCC2)cc2c1OCCO2. The summed E-state index contributed by atoms with van der Waals surface area (Å²) in [7, 11) is 0. The van der Waals surface area contributed by atoms with Crippen LogP contribution in [0.1, 0.15) is 18.4 Å². The molecule has 0 amide bonds. The van der Waals surface area contributed by atoms with Crippen LogP contribution in [0.15, 0.2) is 12.1 Å². The molecule has 3 nitrogen and oxygen atoms in total. The highest BCUT2D eigenvalue weighted by Gasteiger charge is 2.17. The van der Waals surface area contributed by atoms with Crippen LogP contribution < -0.4 is 9.47 Å². The molecule has 2 aliphatic rings. The Labute approximate surface area is 113 Å². The van der Waals surface area contributed by atoms with E-state index in [0.29, 0.717) is 24.0 Å². The molecule has 4 heteroatoms. The molecule has 18 heavy (non-hydrogen) atoms. The minimum absolute atomic E-state index is 0.584. The van der Waals surface area contributed by atoms with E-state index in [1.54, 1.807) is 0 Å². The van der Waals surface area contributed by atoms with Crippen molar-refractivity contribution in [3.8, 4) is 11.5 Å². The number of hydrogen-bond donors (Lipinski definition) is 0. The first-order valence-electron chi connectivity index (χ1n) is 6.63. The van der Waals surface area contributed by atoms with Gasteiger partial charge in [0, 0.05) is 0 Å². The van der Waals surface area contributed by atoms with Gasteiger partial charge in [0.2, 0.25) is 0 Å². The lowest BCUT2D eigenvalue weighted by Crippen LogP contribution is -2.37. The normalized spacial score (nSPS) is 18.5. The van der Waals surface area contributed by atoms with Crippen molar-refractivity contribution in [3.05, 3.63) is 22.7 Å². The lowest BCUT2D eigenvalue weighted by atomic mass is 10.1. The van der Waals surface area contributed by atoms with E-state index in [-0.39, 0.29) is 0 Å². The lowest BCUT2D eigenvalue weighted by molar-refractivity contribution is 0.171. The van der Waals surface area contributed by atoms with Gasteiger partial charge in [-0.05, 0) is 56.6 Å². The van der Waals surface area contributed by atoms with E-state index in [2.05, 4.69) is 11.0 Å². The topological polar surface area (TPSA) is 21.7 Å². The minimum Gasteiger partial charge on any atom is -0.486 e. The first-order chi connectivity index (χ1) is 8.83. The molecule has 0 N–H and O–H groups in total. The van der Waals surface area contributed by atoms with Crippen LogP contribution in [0.4, 0.5) is 0 Å².